The fourth-order valence-corrected chi connectivity index (χ4v) is 2.37. The van der Waals surface area contributed by atoms with E-state index in [1.54, 1.807) is 18.5 Å². The van der Waals surface area contributed by atoms with E-state index in [1.165, 1.54) is 0 Å². The first-order valence-corrected chi connectivity index (χ1v) is 7.06. The summed E-state index contributed by atoms with van der Waals surface area (Å²) >= 11 is 6.02. The third-order valence-corrected chi connectivity index (χ3v) is 3.58. The summed E-state index contributed by atoms with van der Waals surface area (Å²) in [6, 6.07) is 15.1. The third-order valence-electron chi connectivity index (χ3n) is 3.26. The molecule has 0 bridgehead atoms. The maximum Gasteiger partial charge on any atom is 0.226 e. The summed E-state index contributed by atoms with van der Waals surface area (Å²) in [7, 11) is 0. The van der Waals surface area contributed by atoms with E-state index in [1.807, 2.05) is 41.0 Å². The van der Waals surface area contributed by atoms with Gasteiger partial charge in [0.2, 0.25) is 5.91 Å². The molecule has 0 saturated carbocycles. The number of para-hydroxylation sites is 3. The number of aromatic nitrogens is 2. The van der Waals surface area contributed by atoms with Crippen molar-refractivity contribution in [2.24, 2.45) is 0 Å². The van der Waals surface area contributed by atoms with Crippen LogP contribution in [0.5, 0.6) is 0 Å². The average molecular weight is 300 g/mol. The van der Waals surface area contributed by atoms with Crippen molar-refractivity contribution < 1.29 is 4.79 Å². The molecule has 21 heavy (non-hydrogen) atoms. The molecule has 5 heteroatoms. The Labute approximate surface area is 127 Å². The monoisotopic (exact) mass is 299 g/mol. The van der Waals surface area contributed by atoms with Gasteiger partial charge < -0.3 is 9.88 Å². The van der Waals surface area contributed by atoms with Crippen molar-refractivity contribution in [2.75, 3.05) is 5.32 Å². The molecule has 0 spiro atoms. The van der Waals surface area contributed by atoms with Gasteiger partial charge in [0, 0.05) is 13.0 Å². The molecule has 1 N–H and O–H groups in total. The average Bonchev–Trinajstić information content (AvgIpc) is 2.91. The number of hydrogen-bond donors (Lipinski definition) is 1. The lowest BCUT2D eigenvalue weighted by Gasteiger charge is -2.07. The number of carbonyl (C=O) groups excluding carboxylic acids is 1. The molecule has 1 amide bonds. The number of nitrogens with one attached hydrogen (secondary N) is 1. The lowest BCUT2D eigenvalue weighted by molar-refractivity contribution is -0.116. The molecule has 1 aromatic heterocycles. The van der Waals surface area contributed by atoms with Crippen molar-refractivity contribution in [2.45, 2.75) is 13.0 Å². The van der Waals surface area contributed by atoms with Crippen molar-refractivity contribution >= 4 is 34.2 Å². The number of hydrogen-bond acceptors (Lipinski definition) is 2. The molecule has 0 unspecified atom stereocenters. The second-order valence-corrected chi connectivity index (χ2v) is 5.11. The van der Waals surface area contributed by atoms with Gasteiger partial charge in [0.05, 0.1) is 28.1 Å². The zero-order chi connectivity index (χ0) is 14.7. The lowest BCUT2D eigenvalue weighted by atomic mass is 10.3. The van der Waals surface area contributed by atoms with Crippen LogP contribution in [0.4, 0.5) is 5.69 Å². The predicted octanol–water partition coefficient (Wildman–Crippen LogP) is 3.72. The van der Waals surface area contributed by atoms with Gasteiger partial charge in [0.1, 0.15) is 0 Å². The largest absolute Gasteiger partial charge is 0.330 e. The number of halogens is 1. The Kier molecular flexibility index (Phi) is 3.88. The summed E-state index contributed by atoms with van der Waals surface area (Å²) in [5, 5.41) is 3.36. The van der Waals surface area contributed by atoms with E-state index in [9.17, 15) is 4.79 Å². The standard InChI is InChI=1S/C16H14ClN3O/c17-12-5-1-2-6-13(12)19-16(21)9-10-20-11-18-14-7-3-4-8-15(14)20/h1-8,11H,9-10H2,(H,19,21). The second-order valence-electron chi connectivity index (χ2n) is 4.70. The van der Waals surface area contributed by atoms with Crippen molar-refractivity contribution in [3.63, 3.8) is 0 Å². The minimum atomic E-state index is -0.0686. The Morgan fingerprint density at radius 3 is 2.76 bits per heavy atom. The first-order valence-electron chi connectivity index (χ1n) is 6.68. The van der Waals surface area contributed by atoms with Gasteiger partial charge in [0.25, 0.3) is 0 Å². The molecule has 0 saturated heterocycles. The molecule has 0 aliphatic heterocycles. The number of carbonyl (C=O) groups is 1. The summed E-state index contributed by atoms with van der Waals surface area (Å²) in [4.78, 5) is 16.3. The fourth-order valence-electron chi connectivity index (χ4n) is 2.19. The summed E-state index contributed by atoms with van der Waals surface area (Å²) in [6.45, 7) is 0.580. The number of nitrogens with zero attached hydrogens (tertiary/aromatic N) is 2. The van der Waals surface area contributed by atoms with E-state index in [0.29, 0.717) is 23.7 Å². The highest BCUT2D eigenvalue weighted by atomic mass is 35.5. The Morgan fingerprint density at radius 1 is 1.14 bits per heavy atom. The number of imidazole rings is 1. The van der Waals surface area contributed by atoms with E-state index >= 15 is 0 Å². The van der Waals surface area contributed by atoms with Crippen molar-refractivity contribution in [3.05, 3.63) is 59.9 Å². The van der Waals surface area contributed by atoms with E-state index < -0.39 is 0 Å². The van der Waals surface area contributed by atoms with Gasteiger partial charge in [-0.25, -0.2) is 4.98 Å². The predicted molar refractivity (Wildman–Crippen MR) is 84.4 cm³/mol. The molecular weight excluding hydrogens is 286 g/mol. The van der Waals surface area contributed by atoms with Gasteiger partial charge >= 0.3 is 0 Å². The highest BCUT2D eigenvalue weighted by Crippen LogP contribution is 2.20. The smallest absolute Gasteiger partial charge is 0.226 e. The molecule has 4 nitrogen and oxygen atoms in total. The number of anilines is 1. The zero-order valence-electron chi connectivity index (χ0n) is 11.3. The van der Waals surface area contributed by atoms with Crippen LogP contribution in [0.2, 0.25) is 5.02 Å². The first kappa shape index (κ1) is 13.6. The number of amides is 1. The molecule has 3 aromatic rings. The molecule has 2 aromatic carbocycles. The van der Waals surface area contributed by atoms with Crippen LogP contribution in [0.3, 0.4) is 0 Å². The fraction of sp³-hybridized carbons (Fsp3) is 0.125. The van der Waals surface area contributed by atoms with Crippen LogP contribution in [-0.2, 0) is 11.3 Å². The molecular formula is C16H14ClN3O. The third kappa shape index (κ3) is 3.06. The summed E-state index contributed by atoms with van der Waals surface area (Å²) < 4.78 is 1.97. The Bertz CT molecular complexity index is 782. The first-order chi connectivity index (χ1) is 10.2. The molecule has 0 atom stereocenters. The number of rotatable bonds is 4. The summed E-state index contributed by atoms with van der Waals surface area (Å²) in [6.07, 6.45) is 2.12. The molecule has 0 fully saturated rings. The normalized spacial score (nSPS) is 10.7. The van der Waals surface area contributed by atoms with E-state index in [0.717, 1.165) is 11.0 Å². The van der Waals surface area contributed by atoms with Gasteiger partial charge in [-0.2, -0.15) is 0 Å². The maximum atomic E-state index is 12.0. The van der Waals surface area contributed by atoms with E-state index in [-0.39, 0.29) is 5.91 Å². The van der Waals surface area contributed by atoms with E-state index in [2.05, 4.69) is 10.3 Å². The van der Waals surface area contributed by atoms with Crippen LogP contribution in [0.1, 0.15) is 6.42 Å². The minimum absolute atomic E-state index is 0.0686. The number of benzene rings is 2. The molecule has 3 rings (SSSR count). The molecule has 0 aliphatic rings. The summed E-state index contributed by atoms with van der Waals surface area (Å²) in [5.74, 6) is -0.0686. The molecule has 1 heterocycles. The minimum Gasteiger partial charge on any atom is -0.330 e. The number of fused-ring (bicyclic) bond motifs is 1. The molecule has 0 radical (unpaired) electrons. The van der Waals surface area contributed by atoms with Crippen molar-refractivity contribution in [3.8, 4) is 0 Å². The molecule has 0 aliphatic carbocycles. The van der Waals surface area contributed by atoms with Crippen LogP contribution in [0.25, 0.3) is 11.0 Å². The highest BCUT2D eigenvalue weighted by molar-refractivity contribution is 6.33. The van der Waals surface area contributed by atoms with E-state index in [4.69, 9.17) is 11.6 Å². The zero-order valence-corrected chi connectivity index (χ0v) is 12.0. The highest BCUT2D eigenvalue weighted by Gasteiger charge is 2.07. The molecule has 106 valence electrons. The van der Waals surface area contributed by atoms with Gasteiger partial charge in [-0.3, -0.25) is 4.79 Å². The van der Waals surface area contributed by atoms with Crippen LogP contribution in [-0.4, -0.2) is 15.5 Å². The van der Waals surface area contributed by atoms with Gasteiger partial charge in [-0.15, -0.1) is 0 Å². The maximum absolute atomic E-state index is 12.0. The SMILES string of the molecule is O=C(CCn1cnc2ccccc21)Nc1ccccc1Cl. The van der Waals surface area contributed by atoms with Gasteiger partial charge in [-0.1, -0.05) is 35.9 Å². The Balaban J connectivity index is 1.65. The quantitative estimate of drug-likeness (QED) is 0.798. The van der Waals surface area contributed by atoms with Crippen LogP contribution in [0, 0.1) is 0 Å². The topological polar surface area (TPSA) is 46.9 Å². The second kappa shape index (κ2) is 5.97. The summed E-state index contributed by atoms with van der Waals surface area (Å²) in [5.41, 5.74) is 2.60. The van der Waals surface area contributed by atoms with Crippen molar-refractivity contribution in [1.29, 1.82) is 0 Å². The Morgan fingerprint density at radius 2 is 1.90 bits per heavy atom. The lowest BCUT2D eigenvalue weighted by Crippen LogP contribution is -2.14. The Hall–Kier alpha value is -2.33. The van der Waals surface area contributed by atoms with Crippen LogP contribution in [0.15, 0.2) is 54.9 Å². The number of aryl methyl sites for hydroxylation is 1. The van der Waals surface area contributed by atoms with Gasteiger partial charge in [0.15, 0.2) is 0 Å². The van der Waals surface area contributed by atoms with Crippen LogP contribution < -0.4 is 5.32 Å². The van der Waals surface area contributed by atoms with Crippen LogP contribution >= 0.6 is 11.6 Å². The van der Waals surface area contributed by atoms with Crippen molar-refractivity contribution in [1.82, 2.24) is 9.55 Å². The van der Waals surface area contributed by atoms with Gasteiger partial charge in [-0.05, 0) is 24.3 Å².